The van der Waals surface area contributed by atoms with Crippen LogP contribution in [-0.4, -0.2) is 24.4 Å². The van der Waals surface area contributed by atoms with Crippen LogP contribution < -0.4 is 10.6 Å². The summed E-state index contributed by atoms with van der Waals surface area (Å²) < 4.78 is 0. The molecule has 92 valence electrons. The Hall–Kier alpha value is -0.770. The van der Waals surface area contributed by atoms with Gasteiger partial charge in [-0.2, -0.15) is 0 Å². The number of alkyl halides is 1. The van der Waals surface area contributed by atoms with Crippen LogP contribution in [-0.2, 0) is 4.79 Å². The van der Waals surface area contributed by atoms with Crippen molar-refractivity contribution in [2.24, 2.45) is 11.8 Å². The summed E-state index contributed by atoms with van der Waals surface area (Å²) in [4.78, 5) is 22.0. The van der Waals surface area contributed by atoms with E-state index in [1.807, 2.05) is 0 Å². The van der Waals surface area contributed by atoms with Gasteiger partial charge in [0.15, 0.2) is 0 Å². The fraction of sp³-hybridized carbons (Fsp3) is 0.818. The van der Waals surface area contributed by atoms with Gasteiger partial charge in [0.05, 0.1) is 0 Å². The average molecular weight is 247 g/mol. The first-order chi connectivity index (χ1) is 7.61. The fourth-order valence-electron chi connectivity index (χ4n) is 1.97. The molecule has 2 N–H and O–H groups in total. The lowest BCUT2D eigenvalue weighted by molar-refractivity contribution is -0.117. The molecule has 1 rings (SSSR count). The lowest BCUT2D eigenvalue weighted by Crippen LogP contribution is -2.42. The minimum absolute atomic E-state index is 0.186. The predicted molar refractivity (Wildman–Crippen MR) is 63.4 cm³/mol. The summed E-state index contributed by atoms with van der Waals surface area (Å²) in [6, 6.07) is -0.440. The highest BCUT2D eigenvalue weighted by atomic mass is 35.5. The van der Waals surface area contributed by atoms with Crippen molar-refractivity contribution >= 4 is 23.5 Å². The number of imide groups is 1. The van der Waals surface area contributed by atoms with Crippen LogP contribution in [0.4, 0.5) is 4.79 Å². The number of nitrogens with one attached hydrogen (secondary N) is 2. The van der Waals surface area contributed by atoms with Crippen LogP contribution in [0.5, 0.6) is 0 Å². The molecular weight excluding hydrogens is 228 g/mol. The van der Waals surface area contributed by atoms with Gasteiger partial charge >= 0.3 is 6.03 Å². The van der Waals surface area contributed by atoms with Crippen LogP contribution in [0.25, 0.3) is 0 Å². The van der Waals surface area contributed by atoms with E-state index in [0.29, 0.717) is 12.5 Å². The first-order valence-corrected chi connectivity index (χ1v) is 6.29. The van der Waals surface area contributed by atoms with E-state index in [-0.39, 0.29) is 5.88 Å². The van der Waals surface area contributed by atoms with Crippen molar-refractivity contribution < 1.29 is 9.59 Å². The highest BCUT2D eigenvalue weighted by Gasteiger charge is 2.18. The van der Waals surface area contributed by atoms with Crippen molar-refractivity contribution in [3.05, 3.63) is 0 Å². The molecule has 0 aromatic rings. The Balaban J connectivity index is 2.14. The summed E-state index contributed by atoms with van der Waals surface area (Å²) >= 11 is 5.27. The van der Waals surface area contributed by atoms with Gasteiger partial charge in [-0.1, -0.05) is 19.8 Å². The Kier molecular flexibility index (Phi) is 5.60. The number of carbonyl (C=O) groups excluding carboxylic acids is 2. The minimum Gasteiger partial charge on any atom is -0.338 e. The van der Waals surface area contributed by atoms with Gasteiger partial charge in [0, 0.05) is 6.54 Å². The van der Waals surface area contributed by atoms with E-state index >= 15 is 0 Å². The van der Waals surface area contributed by atoms with Gasteiger partial charge < -0.3 is 5.32 Å². The number of hydrogen-bond donors (Lipinski definition) is 2. The van der Waals surface area contributed by atoms with Gasteiger partial charge in [-0.15, -0.1) is 11.6 Å². The molecule has 5 heteroatoms. The molecule has 1 aliphatic rings. The van der Waals surface area contributed by atoms with Crippen molar-refractivity contribution in [1.82, 2.24) is 10.6 Å². The van der Waals surface area contributed by atoms with E-state index in [1.165, 1.54) is 12.8 Å². The molecular formula is C11H19ClN2O2. The zero-order chi connectivity index (χ0) is 12.0. The van der Waals surface area contributed by atoms with E-state index in [2.05, 4.69) is 17.6 Å². The van der Waals surface area contributed by atoms with E-state index in [4.69, 9.17) is 11.6 Å². The topological polar surface area (TPSA) is 58.2 Å². The molecule has 16 heavy (non-hydrogen) atoms. The average Bonchev–Trinajstić information content (AvgIpc) is 2.28. The van der Waals surface area contributed by atoms with Crippen molar-refractivity contribution in [2.75, 3.05) is 12.4 Å². The number of hydrogen-bond acceptors (Lipinski definition) is 2. The Labute approximate surface area is 101 Å². The third-order valence-corrected chi connectivity index (χ3v) is 3.30. The largest absolute Gasteiger partial charge is 0.338 e. The molecule has 0 unspecified atom stereocenters. The normalized spacial score (nSPS) is 24.9. The minimum atomic E-state index is -0.462. The zero-order valence-electron chi connectivity index (χ0n) is 9.59. The van der Waals surface area contributed by atoms with Crippen LogP contribution in [0.2, 0.25) is 0 Å². The van der Waals surface area contributed by atoms with Gasteiger partial charge in [-0.05, 0) is 24.7 Å². The molecule has 0 aromatic carbocycles. The summed E-state index contributed by atoms with van der Waals surface area (Å²) in [5.41, 5.74) is 0. The van der Waals surface area contributed by atoms with Gasteiger partial charge in [0.2, 0.25) is 5.91 Å². The molecule has 1 fully saturated rings. The van der Waals surface area contributed by atoms with Crippen LogP contribution in [0, 0.1) is 11.8 Å². The molecule has 1 aliphatic carbocycles. The summed E-state index contributed by atoms with van der Waals surface area (Å²) in [6.07, 6.45) is 4.78. The summed E-state index contributed by atoms with van der Waals surface area (Å²) in [5.74, 6) is 0.710. The molecule has 0 bridgehead atoms. The van der Waals surface area contributed by atoms with Gasteiger partial charge in [0.1, 0.15) is 5.88 Å². The van der Waals surface area contributed by atoms with E-state index in [1.54, 1.807) is 0 Å². The van der Waals surface area contributed by atoms with E-state index in [9.17, 15) is 9.59 Å². The number of amides is 3. The quantitative estimate of drug-likeness (QED) is 0.747. The predicted octanol–water partition coefficient (Wildman–Crippen LogP) is 1.88. The monoisotopic (exact) mass is 246 g/mol. The van der Waals surface area contributed by atoms with Gasteiger partial charge in [0.25, 0.3) is 0 Å². The molecule has 0 aromatic heterocycles. The summed E-state index contributed by atoms with van der Waals surface area (Å²) in [6.45, 7) is 2.91. The molecule has 1 saturated carbocycles. The van der Waals surface area contributed by atoms with Crippen molar-refractivity contribution in [3.8, 4) is 0 Å². The maximum atomic E-state index is 11.2. The Morgan fingerprint density at radius 3 is 2.44 bits per heavy atom. The van der Waals surface area contributed by atoms with Crippen LogP contribution >= 0.6 is 11.6 Å². The number of urea groups is 1. The van der Waals surface area contributed by atoms with Crippen LogP contribution in [0.1, 0.15) is 32.6 Å². The van der Waals surface area contributed by atoms with Crippen molar-refractivity contribution in [2.45, 2.75) is 32.6 Å². The molecule has 0 radical (unpaired) electrons. The highest BCUT2D eigenvalue weighted by Crippen LogP contribution is 2.27. The maximum absolute atomic E-state index is 11.2. The maximum Gasteiger partial charge on any atom is 0.321 e. The zero-order valence-corrected chi connectivity index (χ0v) is 10.3. The van der Waals surface area contributed by atoms with Crippen molar-refractivity contribution in [3.63, 3.8) is 0 Å². The smallest absolute Gasteiger partial charge is 0.321 e. The third-order valence-electron chi connectivity index (χ3n) is 3.06. The van der Waals surface area contributed by atoms with E-state index in [0.717, 1.165) is 18.8 Å². The highest BCUT2D eigenvalue weighted by molar-refractivity contribution is 6.28. The second-order valence-corrected chi connectivity index (χ2v) is 4.78. The summed E-state index contributed by atoms with van der Waals surface area (Å²) in [5, 5.41) is 4.86. The Morgan fingerprint density at radius 1 is 1.25 bits per heavy atom. The first-order valence-electron chi connectivity index (χ1n) is 5.75. The second-order valence-electron chi connectivity index (χ2n) is 4.52. The molecule has 0 saturated heterocycles. The summed E-state index contributed by atoms with van der Waals surface area (Å²) in [7, 11) is 0. The number of halogens is 1. The lowest BCUT2D eigenvalue weighted by atomic mass is 9.83. The second kappa shape index (κ2) is 6.74. The van der Waals surface area contributed by atoms with Gasteiger partial charge in [-0.3, -0.25) is 10.1 Å². The number of carbonyl (C=O) groups is 2. The molecule has 3 amide bonds. The van der Waals surface area contributed by atoms with E-state index < -0.39 is 11.9 Å². The molecule has 0 spiro atoms. The Morgan fingerprint density at radius 2 is 1.88 bits per heavy atom. The van der Waals surface area contributed by atoms with Crippen LogP contribution in [0.15, 0.2) is 0 Å². The fourth-order valence-corrected chi connectivity index (χ4v) is 2.04. The van der Waals surface area contributed by atoms with Crippen LogP contribution in [0.3, 0.4) is 0 Å². The SMILES string of the molecule is CC1CCC(CNC(=O)NC(=O)CCl)CC1. The Bertz CT molecular complexity index is 250. The third kappa shape index (κ3) is 4.84. The standard InChI is InChI=1S/C11H19ClN2O2/c1-8-2-4-9(5-3-8)7-13-11(16)14-10(15)6-12/h8-9H,2-7H2,1H3,(H2,13,14,15,16). The van der Waals surface area contributed by atoms with Gasteiger partial charge in [-0.25, -0.2) is 4.79 Å². The molecule has 4 nitrogen and oxygen atoms in total. The number of rotatable bonds is 3. The molecule has 0 aliphatic heterocycles. The van der Waals surface area contributed by atoms with Crippen molar-refractivity contribution in [1.29, 1.82) is 0 Å². The first kappa shape index (κ1) is 13.3. The molecule has 0 heterocycles. The molecule has 0 atom stereocenters. The lowest BCUT2D eigenvalue weighted by Gasteiger charge is -2.26.